The van der Waals surface area contributed by atoms with Crippen molar-refractivity contribution >= 4 is 12.6 Å². The van der Waals surface area contributed by atoms with Gasteiger partial charge in [-0.2, -0.15) is 5.26 Å². The van der Waals surface area contributed by atoms with E-state index < -0.39 is 7.12 Å². The summed E-state index contributed by atoms with van der Waals surface area (Å²) in [4.78, 5) is 0. The van der Waals surface area contributed by atoms with Crippen molar-refractivity contribution < 1.29 is 14.0 Å². The molecule has 4 nitrogen and oxygen atoms in total. The van der Waals surface area contributed by atoms with E-state index in [9.17, 15) is 5.26 Å². The molecule has 0 atom stereocenters. The van der Waals surface area contributed by atoms with Crippen LogP contribution in [0.25, 0.3) is 0 Å². The Morgan fingerprint density at radius 1 is 1.08 bits per heavy atom. The maximum atomic E-state index is 9.51. The molecule has 1 saturated heterocycles. The first kappa shape index (κ1) is 17.3. The van der Waals surface area contributed by atoms with Crippen LogP contribution >= 0.6 is 0 Å². The second-order valence-corrected chi connectivity index (χ2v) is 7.83. The summed E-state index contributed by atoms with van der Waals surface area (Å²) in [6.45, 7) is 8.11. The van der Waals surface area contributed by atoms with Crippen LogP contribution in [-0.2, 0) is 9.31 Å². The Bertz CT molecular complexity index is 629. The summed E-state index contributed by atoms with van der Waals surface area (Å²) in [7, 11) is -0.453. The fourth-order valence-electron chi connectivity index (χ4n) is 3.23. The maximum Gasteiger partial charge on any atom is 0.494 e. The number of nitriles is 1. The molecule has 1 aromatic carbocycles. The molecule has 0 aromatic heterocycles. The first-order valence-electron chi connectivity index (χ1n) is 8.89. The molecular weight excluding hydrogens is 301 g/mol. The number of hydrogen-bond acceptors (Lipinski definition) is 4. The van der Waals surface area contributed by atoms with Gasteiger partial charge in [-0.25, -0.2) is 0 Å². The average Bonchev–Trinajstić information content (AvgIpc) is 2.77. The van der Waals surface area contributed by atoms with Gasteiger partial charge < -0.3 is 14.0 Å². The molecule has 0 bridgehead atoms. The fraction of sp³-hybridized carbons (Fsp3) is 0.632. The predicted molar refractivity (Wildman–Crippen MR) is 94.4 cm³/mol. The first-order valence-corrected chi connectivity index (χ1v) is 8.89. The van der Waals surface area contributed by atoms with Crippen LogP contribution in [0.15, 0.2) is 18.2 Å². The summed E-state index contributed by atoms with van der Waals surface area (Å²) in [5, 5.41) is 9.51. The zero-order valence-electron chi connectivity index (χ0n) is 15.1. The van der Waals surface area contributed by atoms with Gasteiger partial charge in [0, 0.05) is 0 Å². The lowest BCUT2D eigenvalue weighted by Crippen LogP contribution is -2.41. The Kier molecular flexibility index (Phi) is 4.64. The highest BCUT2D eigenvalue weighted by Crippen LogP contribution is 2.36. The monoisotopic (exact) mass is 327 g/mol. The van der Waals surface area contributed by atoms with Crippen molar-refractivity contribution in [3.63, 3.8) is 0 Å². The maximum absolute atomic E-state index is 9.51. The third-order valence-electron chi connectivity index (χ3n) is 5.50. The third kappa shape index (κ3) is 3.31. The number of ether oxygens (including phenoxy) is 1. The van der Waals surface area contributed by atoms with Gasteiger partial charge in [-0.3, -0.25) is 0 Å². The van der Waals surface area contributed by atoms with Crippen LogP contribution in [0.1, 0.15) is 65.4 Å². The summed E-state index contributed by atoms with van der Waals surface area (Å²) < 4.78 is 18.2. The van der Waals surface area contributed by atoms with E-state index in [1.54, 1.807) is 0 Å². The average molecular weight is 327 g/mol. The third-order valence-corrected chi connectivity index (χ3v) is 5.50. The van der Waals surface area contributed by atoms with Crippen LogP contribution in [-0.4, -0.2) is 24.4 Å². The Hall–Kier alpha value is -1.51. The quantitative estimate of drug-likeness (QED) is 0.797. The molecule has 0 spiro atoms. The minimum absolute atomic E-state index is 0.230. The van der Waals surface area contributed by atoms with E-state index in [-0.39, 0.29) is 17.3 Å². The summed E-state index contributed by atoms with van der Waals surface area (Å²) in [5.74, 6) is 0.671. The molecule has 24 heavy (non-hydrogen) atoms. The van der Waals surface area contributed by atoms with Gasteiger partial charge in [-0.1, -0.05) is 12.5 Å². The fourth-order valence-corrected chi connectivity index (χ4v) is 3.23. The molecule has 128 valence electrons. The molecule has 1 aromatic rings. The lowest BCUT2D eigenvalue weighted by Gasteiger charge is -2.32. The standard InChI is InChI=1S/C19H26BNO3/c1-18(2)19(3,4)24-20(23-18)15-10-11-17(14(12-15)13-21)22-16-8-6-5-7-9-16/h10-12,16H,5-9H2,1-4H3. The summed E-state index contributed by atoms with van der Waals surface area (Å²) in [5.41, 5.74) is 0.637. The number of benzene rings is 1. The molecule has 0 N–H and O–H groups in total. The van der Waals surface area contributed by atoms with E-state index in [0.717, 1.165) is 18.3 Å². The van der Waals surface area contributed by atoms with Crippen molar-refractivity contribution in [2.75, 3.05) is 0 Å². The molecule has 5 heteroatoms. The predicted octanol–water partition coefficient (Wildman–Crippen LogP) is 3.57. The second-order valence-electron chi connectivity index (χ2n) is 7.83. The molecule has 1 aliphatic heterocycles. The summed E-state index contributed by atoms with van der Waals surface area (Å²) >= 11 is 0. The van der Waals surface area contributed by atoms with Crippen molar-refractivity contribution in [1.82, 2.24) is 0 Å². The minimum Gasteiger partial charge on any atom is -0.489 e. The summed E-state index contributed by atoms with van der Waals surface area (Å²) in [6, 6.07) is 7.92. The Balaban J connectivity index is 1.78. The topological polar surface area (TPSA) is 51.5 Å². The molecule has 2 aliphatic rings. The highest BCUT2D eigenvalue weighted by molar-refractivity contribution is 6.62. The van der Waals surface area contributed by atoms with Crippen molar-refractivity contribution in [3.8, 4) is 11.8 Å². The second kappa shape index (κ2) is 6.42. The molecule has 1 saturated carbocycles. The lowest BCUT2D eigenvalue weighted by atomic mass is 9.78. The van der Waals surface area contributed by atoms with Gasteiger partial charge in [0.05, 0.1) is 22.9 Å². The van der Waals surface area contributed by atoms with Gasteiger partial charge in [0.1, 0.15) is 11.8 Å². The highest BCUT2D eigenvalue weighted by Gasteiger charge is 2.51. The minimum atomic E-state index is -0.453. The molecular formula is C19H26BNO3. The van der Waals surface area contributed by atoms with Gasteiger partial charge in [0.2, 0.25) is 0 Å². The van der Waals surface area contributed by atoms with Crippen molar-refractivity contribution in [2.45, 2.75) is 77.1 Å². The van der Waals surface area contributed by atoms with Crippen molar-refractivity contribution in [3.05, 3.63) is 23.8 Å². The Labute approximate surface area is 145 Å². The van der Waals surface area contributed by atoms with E-state index in [2.05, 4.69) is 6.07 Å². The molecule has 0 unspecified atom stereocenters. The van der Waals surface area contributed by atoms with E-state index >= 15 is 0 Å². The number of rotatable bonds is 3. The van der Waals surface area contributed by atoms with Gasteiger partial charge in [0.25, 0.3) is 0 Å². The number of nitrogens with zero attached hydrogens (tertiary/aromatic N) is 1. The van der Waals surface area contributed by atoms with Crippen molar-refractivity contribution in [1.29, 1.82) is 5.26 Å². The molecule has 0 amide bonds. The summed E-state index contributed by atoms with van der Waals surface area (Å²) in [6.07, 6.45) is 6.07. The van der Waals surface area contributed by atoms with Crippen LogP contribution in [0.3, 0.4) is 0 Å². The zero-order valence-corrected chi connectivity index (χ0v) is 15.1. The normalized spacial score (nSPS) is 23.0. The van der Waals surface area contributed by atoms with Crippen LogP contribution < -0.4 is 10.2 Å². The van der Waals surface area contributed by atoms with Gasteiger partial charge in [0.15, 0.2) is 0 Å². The van der Waals surface area contributed by atoms with Gasteiger partial charge in [-0.05, 0) is 71.0 Å². The first-order chi connectivity index (χ1) is 11.3. The highest BCUT2D eigenvalue weighted by atomic mass is 16.7. The van der Waals surface area contributed by atoms with E-state index in [0.29, 0.717) is 11.3 Å². The zero-order chi connectivity index (χ0) is 17.4. The van der Waals surface area contributed by atoms with Crippen LogP contribution in [0.4, 0.5) is 0 Å². The molecule has 1 aliphatic carbocycles. The lowest BCUT2D eigenvalue weighted by molar-refractivity contribution is 0.00578. The molecule has 0 radical (unpaired) electrons. The molecule has 1 heterocycles. The smallest absolute Gasteiger partial charge is 0.489 e. The van der Waals surface area contributed by atoms with E-state index in [4.69, 9.17) is 14.0 Å². The molecule has 2 fully saturated rings. The van der Waals surface area contributed by atoms with Gasteiger partial charge >= 0.3 is 7.12 Å². The number of hydrogen-bond donors (Lipinski definition) is 0. The Morgan fingerprint density at radius 3 is 2.29 bits per heavy atom. The van der Waals surface area contributed by atoms with E-state index in [1.807, 2.05) is 45.9 Å². The largest absolute Gasteiger partial charge is 0.494 e. The molecule has 3 rings (SSSR count). The van der Waals surface area contributed by atoms with Crippen molar-refractivity contribution in [2.24, 2.45) is 0 Å². The SMILES string of the molecule is CC1(C)OB(c2ccc(OC3CCCCC3)c(C#N)c2)OC1(C)C. The van der Waals surface area contributed by atoms with Crippen LogP contribution in [0.5, 0.6) is 5.75 Å². The van der Waals surface area contributed by atoms with Crippen LogP contribution in [0, 0.1) is 11.3 Å². The van der Waals surface area contributed by atoms with E-state index in [1.165, 1.54) is 19.3 Å². The van der Waals surface area contributed by atoms with Gasteiger partial charge in [-0.15, -0.1) is 0 Å². The van der Waals surface area contributed by atoms with Crippen LogP contribution in [0.2, 0.25) is 0 Å². The Morgan fingerprint density at radius 2 is 1.71 bits per heavy atom.